The number of H-pyrrole nitrogens is 1. The van der Waals surface area contributed by atoms with Gasteiger partial charge in [-0.2, -0.15) is 0 Å². The summed E-state index contributed by atoms with van der Waals surface area (Å²) in [6.45, 7) is 5.66. The molecule has 0 atom stereocenters. The molecule has 0 saturated carbocycles. The summed E-state index contributed by atoms with van der Waals surface area (Å²) in [4.78, 5) is 28.4. The number of rotatable bonds is 5. The number of fused-ring (bicyclic) bond motifs is 8. The number of para-hydroxylation sites is 1. The van der Waals surface area contributed by atoms with Crippen LogP contribution in [0.3, 0.4) is 0 Å². The molecular formula is C49H38N4O2. The van der Waals surface area contributed by atoms with E-state index in [4.69, 9.17) is 14.7 Å². The molecule has 5 heterocycles. The normalized spacial score (nSPS) is 12.4. The Hall–Kier alpha value is -7.05. The Morgan fingerprint density at radius 3 is 1.67 bits per heavy atom. The summed E-state index contributed by atoms with van der Waals surface area (Å²) in [6, 6.07) is 51.8. The number of carbonyl (C=O) groups excluding carboxylic acids is 1. The molecule has 9 rings (SSSR count). The number of benzene rings is 4. The van der Waals surface area contributed by atoms with Crippen LogP contribution in [-0.4, -0.2) is 31.1 Å². The van der Waals surface area contributed by atoms with Crippen molar-refractivity contribution < 1.29 is 9.53 Å². The maximum Gasteiger partial charge on any atom is 0.340 e. The largest absolute Gasteiger partial charge is 0.456 e. The topological polar surface area (TPSA) is 72.8 Å². The highest BCUT2D eigenvalue weighted by Gasteiger charge is 2.31. The first-order chi connectivity index (χ1) is 26.8. The lowest BCUT2D eigenvalue weighted by molar-refractivity contribution is -0.147. The number of hydrogen-bond donors (Lipinski definition) is 1. The van der Waals surface area contributed by atoms with E-state index in [1.54, 1.807) is 0 Å². The number of aromatic nitrogens is 4. The minimum absolute atomic E-state index is 0.385. The molecule has 266 valence electrons. The van der Waals surface area contributed by atoms with Crippen LogP contribution in [0.5, 0.6) is 0 Å². The number of aromatic amines is 1. The van der Waals surface area contributed by atoms with Crippen LogP contribution >= 0.6 is 0 Å². The maximum absolute atomic E-state index is 14.4. The average Bonchev–Trinajstić information content (AvgIpc) is 3.99. The zero-order valence-electron chi connectivity index (χ0n) is 30.8. The van der Waals surface area contributed by atoms with Crippen molar-refractivity contribution in [2.45, 2.75) is 26.4 Å². The highest BCUT2D eigenvalue weighted by molar-refractivity contribution is 6.25. The molecule has 1 N–H and O–H groups in total. The Labute approximate surface area is 319 Å². The molecule has 0 aliphatic carbocycles. The first-order valence-corrected chi connectivity index (χ1v) is 18.5. The molecule has 0 fully saturated rings. The standard InChI is InChI=1S/C49H38N4O2/c1-49(2,3)55-48(54)41-30-39-29-37-25-24-35(50-37)28-36-26-27-38(51-36)31-42-43(32-16-8-4-9-17-32)44(33-18-10-5-11-19-33)47(53(42)40-22-14-7-15-23-40)45(46(41)52-39)34-20-12-6-13-21-34/h4-31,50H,1-3H3. The van der Waals surface area contributed by atoms with Gasteiger partial charge >= 0.3 is 5.97 Å². The lowest BCUT2D eigenvalue weighted by Gasteiger charge is -2.20. The van der Waals surface area contributed by atoms with Crippen LogP contribution in [-0.2, 0) is 9.53 Å². The average molecular weight is 715 g/mol. The molecule has 2 aliphatic rings. The number of hydrogen-bond acceptors (Lipinski definition) is 4. The van der Waals surface area contributed by atoms with Gasteiger partial charge in [0.2, 0.25) is 0 Å². The molecule has 6 nitrogen and oxygen atoms in total. The predicted molar refractivity (Wildman–Crippen MR) is 225 cm³/mol. The second kappa shape index (κ2) is 13.7. The molecule has 0 radical (unpaired) electrons. The summed E-state index contributed by atoms with van der Waals surface area (Å²) in [6.07, 6.45) is 5.96. The van der Waals surface area contributed by atoms with Crippen molar-refractivity contribution in [3.63, 3.8) is 0 Å². The zero-order valence-corrected chi connectivity index (χ0v) is 30.8. The fraction of sp³-hybridized carbons (Fsp3) is 0.0816. The minimum atomic E-state index is -0.727. The molecular weight excluding hydrogens is 677 g/mol. The monoisotopic (exact) mass is 714 g/mol. The fourth-order valence-electron chi connectivity index (χ4n) is 7.39. The predicted octanol–water partition coefficient (Wildman–Crippen LogP) is 11.8. The van der Waals surface area contributed by atoms with Gasteiger partial charge in [-0.05, 0) is 98.2 Å². The van der Waals surface area contributed by atoms with E-state index in [0.29, 0.717) is 17.0 Å². The van der Waals surface area contributed by atoms with Crippen LogP contribution in [0.25, 0.3) is 84.9 Å². The highest BCUT2D eigenvalue weighted by atomic mass is 16.6. The summed E-state index contributed by atoms with van der Waals surface area (Å²) in [5, 5.41) is 0. The van der Waals surface area contributed by atoms with Crippen LogP contribution in [0.1, 0.15) is 43.5 Å². The quantitative estimate of drug-likeness (QED) is 0.180. The Kier molecular flexibility index (Phi) is 8.43. The van der Waals surface area contributed by atoms with Crippen LogP contribution in [0.15, 0.2) is 152 Å². The fourth-order valence-corrected chi connectivity index (χ4v) is 7.39. The molecule has 0 saturated heterocycles. The summed E-state index contributed by atoms with van der Waals surface area (Å²) in [5.74, 6) is -0.441. The SMILES string of the molecule is CC(C)(C)OC(=O)C1=Cc2cc3ccc(cc4nc(cc5c(-c6ccccc6)c(-c6ccccc6)c(c(-c6ccccc6)c1n2)n5-c1ccccc1)C=C4)[nH]3. The zero-order chi connectivity index (χ0) is 37.5. The Morgan fingerprint density at radius 2 is 1.09 bits per heavy atom. The highest BCUT2D eigenvalue weighted by Crippen LogP contribution is 2.48. The molecule has 0 unspecified atom stereocenters. The minimum Gasteiger partial charge on any atom is -0.456 e. The molecule has 2 aliphatic heterocycles. The molecule has 4 aromatic carbocycles. The van der Waals surface area contributed by atoms with Gasteiger partial charge in [0.15, 0.2) is 0 Å². The van der Waals surface area contributed by atoms with E-state index in [-0.39, 0.29) is 0 Å². The summed E-state index contributed by atoms with van der Waals surface area (Å²) in [7, 11) is 0. The van der Waals surface area contributed by atoms with Gasteiger partial charge in [-0.1, -0.05) is 109 Å². The second-order valence-electron chi connectivity index (χ2n) is 14.7. The van der Waals surface area contributed by atoms with Gasteiger partial charge in [0, 0.05) is 33.4 Å². The Balaban J connectivity index is 1.61. The summed E-state index contributed by atoms with van der Waals surface area (Å²) in [5.41, 5.74) is 12.8. The van der Waals surface area contributed by atoms with E-state index in [1.165, 1.54) is 0 Å². The number of nitrogens with one attached hydrogen (secondary N) is 1. The van der Waals surface area contributed by atoms with Crippen molar-refractivity contribution in [3.05, 3.63) is 174 Å². The van der Waals surface area contributed by atoms with Gasteiger partial charge in [-0.25, -0.2) is 14.8 Å². The molecule has 7 aromatic rings. The number of nitrogens with zero attached hydrogens (tertiary/aromatic N) is 3. The summed E-state index contributed by atoms with van der Waals surface area (Å²) >= 11 is 0. The molecule has 0 spiro atoms. The first-order valence-electron chi connectivity index (χ1n) is 18.5. The third kappa shape index (κ3) is 6.59. The Bertz CT molecular complexity index is 2810. The number of esters is 1. The van der Waals surface area contributed by atoms with E-state index in [2.05, 4.69) is 107 Å². The van der Waals surface area contributed by atoms with E-state index in [1.807, 2.05) is 93.6 Å². The van der Waals surface area contributed by atoms with Gasteiger partial charge in [-0.3, -0.25) is 0 Å². The van der Waals surface area contributed by atoms with E-state index in [9.17, 15) is 4.79 Å². The summed E-state index contributed by atoms with van der Waals surface area (Å²) < 4.78 is 8.43. The van der Waals surface area contributed by atoms with E-state index < -0.39 is 11.6 Å². The van der Waals surface area contributed by atoms with Gasteiger partial charge in [0.05, 0.1) is 39.4 Å². The lowest BCUT2D eigenvalue weighted by Crippen LogP contribution is -2.24. The van der Waals surface area contributed by atoms with Gasteiger partial charge in [0.25, 0.3) is 0 Å². The van der Waals surface area contributed by atoms with Crippen molar-refractivity contribution >= 4 is 51.8 Å². The molecule has 3 aromatic heterocycles. The van der Waals surface area contributed by atoms with E-state index in [0.717, 1.165) is 72.5 Å². The third-order valence-electron chi connectivity index (χ3n) is 9.60. The Morgan fingerprint density at radius 1 is 0.582 bits per heavy atom. The van der Waals surface area contributed by atoms with Crippen molar-refractivity contribution in [2.24, 2.45) is 0 Å². The van der Waals surface area contributed by atoms with Gasteiger partial charge < -0.3 is 14.3 Å². The maximum atomic E-state index is 14.4. The molecule has 6 heteroatoms. The van der Waals surface area contributed by atoms with Crippen molar-refractivity contribution in [2.75, 3.05) is 0 Å². The van der Waals surface area contributed by atoms with Crippen molar-refractivity contribution in [1.82, 2.24) is 19.5 Å². The van der Waals surface area contributed by atoms with Crippen LogP contribution in [0, 0.1) is 0 Å². The van der Waals surface area contributed by atoms with E-state index >= 15 is 0 Å². The van der Waals surface area contributed by atoms with Crippen LogP contribution < -0.4 is 0 Å². The second-order valence-corrected chi connectivity index (χ2v) is 14.7. The number of carbonyl (C=O) groups is 1. The third-order valence-corrected chi connectivity index (χ3v) is 9.60. The van der Waals surface area contributed by atoms with Gasteiger partial charge in [0.1, 0.15) is 5.60 Å². The first kappa shape index (κ1) is 33.8. The molecule has 0 amide bonds. The lowest BCUT2D eigenvalue weighted by atomic mass is 9.92. The molecule has 55 heavy (non-hydrogen) atoms. The number of ether oxygens (including phenoxy) is 1. The van der Waals surface area contributed by atoms with Crippen LogP contribution in [0.2, 0.25) is 0 Å². The van der Waals surface area contributed by atoms with Gasteiger partial charge in [-0.15, -0.1) is 0 Å². The molecule has 8 bridgehead atoms. The van der Waals surface area contributed by atoms with Crippen molar-refractivity contribution in [1.29, 1.82) is 0 Å². The van der Waals surface area contributed by atoms with Crippen molar-refractivity contribution in [3.8, 4) is 39.1 Å². The van der Waals surface area contributed by atoms with Crippen LogP contribution in [0.4, 0.5) is 0 Å². The smallest absolute Gasteiger partial charge is 0.340 e.